The second kappa shape index (κ2) is 5.47. The van der Waals surface area contributed by atoms with Gasteiger partial charge < -0.3 is 15.4 Å². The highest BCUT2D eigenvalue weighted by molar-refractivity contribution is 5.49. The van der Waals surface area contributed by atoms with Crippen LogP contribution < -0.4 is 10.6 Å². The van der Waals surface area contributed by atoms with Crippen molar-refractivity contribution in [3.05, 3.63) is 23.4 Å². The van der Waals surface area contributed by atoms with Crippen LogP contribution >= 0.6 is 0 Å². The van der Waals surface area contributed by atoms with Crippen LogP contribution in [0, 0.1) is 6.92 Å². The summed E-state index contributed by atoms with van der Waals surface area (Å²) >= 11 is 0. The molecule has 1 aliphatic rings. The summed E-state index contributed by atoms with van der Waals surface area (Å²) in [6.45, 7) is 4.31. The average Bonchev–Trinajstić information content (AvgIpc) is 3.15. The highest BCUT2D eigenvalue weighted by atomic mass is 16.5. The van der Waals surface area contributed by atoms with Crippen molar-refractivity contribution in [2.24, 2.45) is 5.73 Å². The van der Waals surface area contributed by atoms with E-state index in [1.807, 2.05) is 6.20 Å². The van der Waals surface area contributed by atoms with Crippen LogP contribution in [0.2, 0.25) is 0 Å². The lowest BCUT2D eigenvalue weighted by Crippen LogP contribution is -2.31. The third-order valence-electron chi connectivity index (χ3n) is 3.14. The highest BCUT2D eigenvalue weighted by Gasteiger charge is 2.30. The summed E-state index contributed by atoms with van der Waals surface area (Å²) in [5, 5.41) is 0. The van der Waals surface area contributed by atoms with E-state index in [4.69, 9.17) is 10.5 Å². The van der Waals surface area contributed by atoms with Gasteiger partial charge in [0, 0.05) is 32.4 Å². The predicted octanol–water partition coefficient (Wildman–Crippen LogP) is 1.46. The number of hydrogen-bond acceptors (Lipinski definition) is 4. The molecule has 1 aliphatic carbocycles. The molecule has 0 atom stereocenters. The third-order valence-corrected chi connectivity index (χ3v) is 3.14. The first kappa shape index (κ1) is 12.3. The minimum atomic E-state index is 0.551. The Labute approximate surface area is 103 Å². The topological polar surface area (TPSA) is 51.4 Å². The zero-order chi connectivity index (χ0) is 12.3. The summed E-state index contributed by atoms with van der Waals surface area (Å²) in [4.78, 5) is 6.91. The van der Waals surface area contributed by atoms with Crippen LogP contribution in [0.1, 0.15) is 24.0 Å². The molecule has 4 nitrogen and oxygen atoms in total. The number of rotatable bonds is 6. The molecule has 2 rings (SSSR count). The van der Waals surface area contributed by atoms with Crippen LogP contribution in [0.15, 0.2) is 12.3 Å². The summed E-state index contributed by atoms with van der Waals surface area (Å²) in [7, 11) is 1.74. The molecule has 1 heterocycles. The van der Waals surface area contributed by atoms with E-state index in [0.717, 1.165) is 24.5 Å². The van der Waals surface area contributed by atoms with Gasteiger partial charge in [-0.3, -0.25) is 0 Å². The van der Waals surface area contributed by atoms with Crippen molar-refractivity contribution in [1.82, 2.24) is 4.98 Å². The van der Waals surface area contributed by atoms with Crippen LogP contribution in [0.25, 0.3) is 0 Å². The molecule has 0 aliphatic heterocycles. The average molecular weight is 235 g/mol. The second-order valence-electron chi connectivity index (χ2n) is 4.61. The van der Waals surface area contributed by atoms with Crippen molar-refractivity contribution in [3.8, 4) is 0 Å². The summed E-state index contributed by atoms with van der Waals surface area (Å²) < 4.78 is 5.17. The molecule has 0 amide bonds. The Kier molecular flexibility index (Phi) is 3.97. The maximum absolute atomic E-state index is 5.62. The van der Waals surface area contributed by atoms with Gasteiger partial charge in [-0.15, -0.1) is 0 Å². The van der Waals surface area contributed by atoms with Gasteiger partial charge in [0.2, 0.25) is 0 Å². The number of aromatic nitrogens is 1. The Bertz CT molecular complexity index is 377. The van der Waals surface area contributed by atoms with Gasteiger partial charge >= 0.3 is 0 Å². The highest BCUT2D eigenvalue weighted by Crippen LogP contribution is 2.32. The number of nitrogens with two attached hydrogens (primary N) is 1. The van der Waals surface area contributed by atoms with E-state index in [1.54, 1.807) is 7.11 Å². The maximum atomic E-state index is 5.62. The Morgan fingerprint density at radius 2 is 2.29 bits per heavy atom. The number of methoxy groups -OCH3 is 1. The van der Waals surface area contributed by atoms with Crippen LogP contribution in [-0.2, 0) is 11.3 Å². The minimum absolute atomic E-state index is 0.551. The van der Waals surface area contributed by atoms with E-state index in [0.29, 0.717) is 12.6 Å². The quantitative estimate of drug-likeness (QED) is 0.811. The fourth-order valence-corrected chi connectivity index (χ4v) is 2.08. The Balaban J connectivity index is 2.16. The van der Waals surface area contributed by atoms with Gasteiger partial charge in [0.25, 0.3) is 0 Å². The van der Waals surface area contributed by atoms with Gasteiger partial charge in [-0.05, 0) is 37.0 Å². The number of hydrogen-bond donors (Lipinski definition) is 1. The molecule has 2 N–H and O–H groups in total. The van der Waals surface area contributed by atoms with Gasteiger partial charge in [-0.2, -0.15) is 0 Å². The lowest BCUT2D eigenvalue weighted by atomic mass is 10.2. The fourth-order valence-electron chi connectivity index (χ4n) is 2.08. The predicted molar refractivity (Wildman–Crippen MR) is 69.1 cm³/mol. The fraction of sp³-hybridized carbons (Fsp3) is 0.615. The van der Waals surface area contributed by atoms with Crippen molar-refractivity contribution in [2.45, 2.75) is 32.4 Å². The Morgan fingerprint density at radius 1 is 1.53 bits per heavy atom. The smallest absolute Gasteiger partial charge is 0.131 e. The standard InChI is InChI=1S/C13H21N3O/c1-10-7-11(8-14)9-15-13(10)16(5-6-17-2)12-3-4-12/h7,9,12H,3-6,8,14H2,1-2H3. The second-order valence-corrected chi connectivity index (χ2v) is 4.61. The van der Waals surface area contributed by atoms with Crippen LogP contribution in [-0.4, -0.2) is 31.3 Å². The molecule has 0 aromatic carbocycles. The van der Waals surface area contributed by atoms with Gasteiger partial charge in [-0.1, -0.05) is 0 Å². The number of nitrogens with zero attached hydrogens (tertiary/aromatic N) is 2. The first-order valence-electron chi connectivity index (χ1n) is 6.17. The van der Waals surface area contributed by atoms with E-state index >= 15 is 0 Å². The minimum Gasteiger partial charge on any atom is -0.383 e. The number of pyridine rings is 1. The third kappa shape index (κ3) is 2.96. The molecule has 4 heteroatoms. The van der Waals surface area contributed by atoms with Crippen LogP contribution in [0.5, 0.6) is 0 Å². The molecule has 1 saturated carbocycles. The lowest BCUT2D eigenvalue weighted by Gasteiger charge is -2.25. The molecule has 1 aromatic heterocycles. The Morgan fingerprint density at radius 3 is 2.82 bits per heavy atom. The molecule has 0 spiro atoms. The summed E-state index contributed by atoms with van der Waals surface area (Å²) in [5.74, 6) is 1.08. The zero-order valence-electron chi connectivity index (χ0n) is 10.6. The molecule has 0 unspecified atom stereocenters. The molecule has 0 saturated heterocycles. The zero-order valence-corrected chi connectivity index (χ0v) is 10.6. The van der Waals surface area contributed by atoms with Crippen LogP contribution in [0.3, 0.4) is 0 Å². The molecule has 1 fully saturated rings. The first-order chi connectivity index (χ1) is 8.26. The van der Waals surface area contributed by atoms with E-state index in [-0.39, 0.29) is 0 Å². The number of aryl methyl sites for hydroxylation is 1. The van der Waals surface area contributed by atoms with Crippen molar-refractivity contribution >= 4 is 5.82 Å². The molecular weight excluding hydrogens is 214 g/mol. The molecule has 17 heavy (non-hydrogen) atoms. The summed E-state index contributed by atoms with van der Waals surface area (Å²) in [5.41, 5.74) is 7.92. The number of ether oxygens (including phenoxy) is 1. The van der Waals surface area contributed by atoms with E-state index in [2.05, 4.69) is 22.9 Å². The van der Waals surface area contributed by atoms with E-state index in [1.165, 1.54) is 18.4 Å². The van der Waals surface area contributed by atoms with Gasteiger partial charge in [0.1, 0.15) is 5.82 Å². The van der Waals surface area contributed by atoms with E-state index in [9.17, 15) is 0 Å². The molecule has 0 radical (unpaired) electrons. The van der Waals surface area contributed by atoms with Crippen molar-refractivity contribution in [3.63, 3.8) is 0 Å². The largest absolute Gasteiger partial charge is 0.383 e. The number of anilines is 1. The SMILES string of the molecule is COCCN(c1ncc(CN)cc1C)C1CC1. The van der Waals surface area contributed by atoms with Crippen molar-refractivity contribution in [2.75, 3.05) is 25.2 Å². The summed E-state index contributed by atoms with van der Waals surface area (Å²) in [6.07, 6.45) is 4.41. The normalized spacial score (nSPS) is 15.0. The van der Waals surface area contributed by atoms with Gasteiger partial charge in [-0.25, -0.2) is 4.98 Å². The van der Waals surface area contributed by atoms with E-state index < -0.39 is 0 Å². The molecule has 1 aromatic rings. The van der Waals surface area contributed by atoms with Gasteiger partial charge in [0.05, 0.1) is 6.61 Å². The molecule has 94 valence electrons. The van der Waals surface area contributed by atoms with Crippen LogP contribution in [0.4, 0.5) is 5.82 Å². The maximum Gasteiger partial charge on any atom is 0.131 e. The first-order valence-corrected chi connectivity index (χ1v) is 6.17. The monoisotopic (exact) mass is 235 g/mol. The summed E-state index contributed by atoms with van der Waals surface area (Å²) in [6, 6.07) is 2.78. The lowest BCUT2D eigenvalue weighted by molar-refractivity contribution is 0.204. The molecular formula is C13H21N3O. The Hall–Kier alpha value is -1.13. The molecule has 0 bridgehead atoms. The van der Waals surface area contributed by atoms with Crippen molar-refractivity contribution < 1.29 is 4.74 Å². The van der Waals surface area contributed by atoms with Crippen molar-refractivity contribution in [1.29, 1.82) is 0 Å². The van der Waals surface area contributed by atoms with Gasteiger partial charge in [0.15, 0.2) is 0 Å².